The molecule has 1 aliphatic heterocycles. The van der Waals surface area contributed by atoms with Gasteiger partial charge in [0.05, 0.1) is 6.10 Å². The second-order valence-corrected chi connectivity index (χ2v) is 9.81. The van der Waals surface area contributed by atoms with Crippen molar-refractivity contribution in [2.75, 3.05) is 13.2 Å². The van der Waals surface area contributed by atoms with E-state index in [0.29, 0.717) is 35.4 Å². The van der Waals surface area contributed by atoms with Gasteiger partial charge in [0, 0.05) is 30.4 Å². The van der Waals surface area contributed by atoms with Crippen LogP contribution in [0.15, 0.2) is 83.3 Å². The Morgan fingerprint density at radius 2 is 1.84 bits per heavy atom. The van der Waals surface area contributed by atoms with E-state index < -0.39 is 6.04 Å². The highest BCUT2D eigenvalue weighted by Crippen LogP contribution is 2.30. The van der Waals surface area contributed by atoms with E-state index in [0.717, 1.165) is 29.7 Å². The van der Waals surface area contributed by atoms with Crippen LogP contribution in [0.5, 0.6) is 0 Å². The average Bonchev–Trinajstić information content (AvgIpc) is 3.71. The smallest absolute Gasteiger partial charge is 0.271 e. The standard InChI is InChI=1S/C30H30ClN3O4/c1-20-13-16-27(38-20)28(29(35)32-18-23-11-7-17-37-23)34(19-22-10-5-6-12-24(22)31)30(36)26-15-14-25(33-26)21-8-3-2-4-9-21/h2-6,8-10,12-16,23,28,33H,7,11,17-19H2,1H3,(H,32,35). The van der Waals surface area contributed by atoms with Crippen LogP contribution in [0.2, 0.25) is 5.02 Å². The van der Waals surface area contributed by atoms with E-state index in [1.165, 1.54) is 4.90 Å². The van der Waals surface area contributed by atoms with E-state index in [1.54, 1.807) is 24.3 Å². The molecule has 0 aliphatic carbocycles. The molecule has 2 atom stereocenters. The van der Waals surface area contributed by atoms with Gasteiger partial charge >= 0.3 is 0 Å². The summed E-state index contributed by atoms with van der Waals surface area (Å²) < 4.78 is 11.6. The summed E-state index contributed by atoms with van der Waals surface area (Å²) in [5, 5.41) is 3.50. The van der Waals surface area contributed by atoms with Crippen molar-refractivity contribution in [3.63, 3.8) is 0 Å². The Morgan fingerprint density at radius 1 is 1.05 bits per heavy atom. The van der Waals surface area contributed by atoms with Gasteiger partial charge in [-0.15, -0.1) is 0 Å². The average molecular weight is 532 g/mol. The van der Waals surface area contributed by atoms with Crippen molar-refractivity contribution in [3.05, 3.63) is 107 Å². The van der Waals surface area contributed by atoms with Crippen LogP contribution < -0.4 is 5.32 Å². The van der Waals surface area contributed by atoms with Gasteiger partial charge in [0.2, 0.25) is 0 Å². The van der Waals surface area contributed by atoms with Crippen LogP contribution in [0.3, 0.4) is 0 Å². The lowest BCUT2D eigenvalue weighted by molar-refractivity contribution is -0.127. The second kappa shape index (κ2) is 11.7. The van der Waals surface area contributed by atoms with Gasteiger partial charge in [-0.05, 0) is 61.2 Å². The van der Waals surface area contributed by atoms with Crippen LogP contribution >= 0.6 is 11.6 Å². The molecule has 38 heavy (non-hydrogen) atoms. The SMILES string of the molecule is Cc1ccc(C(C(=O)NCC2CCCO2)N(Cc2ccccc2Cl)C(=O)c2ccc(-c3ccccc3)[nH]2)o1. The molecule has 0 bridgehead atoms. The summed E-state index contributed by atoms with van der Waals surface area (Å²) in [7, 11) is 0. The van der Waals surface area contributed by atoms with Crippen molar-refractivity contribution in [2.45, 2.75) is 38.5 Å². The van der Waals surface area contributed by atoms with Gasteiger partial charge in [-0.2, -0.15) is 0 Å². The molecule has 1 aliphatic rings. The highest BCUT2D eigenvalue weighted by molar-refractivity contribution is 6.31. The zero-order valence-corrected chi connectivity index (χ0v) is 21.9. The summed E-state index contributed by atoms with van der Waals surface area (Å²) in [5.74, 6) is 0.333. The number of aromatic amines is 1. The maximum absolute atomic E-state index is 14.1. The Balaban J connectivity index is 1.51. The fourth-order valence-electron chi connectivity index (χ4n) is 4.69. The summed E-state index contributed by atoms with van der Waals surface area (Å²) >= 11 is 6.50. The minimum atomic E-state index is -1.02. The molecular formula is C30H30ClN3O4. The van der Waals surface area contributed by atoms with Gasteiger partial charge in [-0.3, -0.25) is 9.59 Å². The number of amides is 2. The Labute approximate surface area is 226 Å². The number of carbonyl (C=O) groups excluding carboxylic acids is 2. The molecule has 2 N–H and O–H groups in total. The van der Waals surface area contributed by atoms with Crippen LogP contribution in [-0.4, -0.2) is 41.0 Å². The number of ether oxygens (including phenoxy) is 1. The number of aryl methyl sites for hydroxylation is 1. The third-order valence-corrected chi connectivity index (χ3v) is 7.05. The first-order valence-corrected chi connectivity index (χ1v) is 13.1. The molecule has 196 valence electrons. The summed E-state index contributed by atoms with van der Waals surface area (Å²) in [6.07, 6.45) is 1.81. The van der Waals surface area contributed by atoms with E-state index in [2.05, 4.69) is 10.3 Å². The maximum Gasteiger partial charge on any atom is 0.271 e. The van der Waals surface area contributed by atoms with Crippen molar-refractivity contribution < 1.29 is 18.7 Å². The molecule has 2 unspecified atom stereocenters. The van der Waals surface area contributed by atoms with Gasteiger partial charge in [0.15, 0.2) is 6.04 Å². The number of benzene rings is 2. The first-order valence-electron chi connectivity index (χ1n) is 12.7. The third-order valence-electron chi connectivity index (χ3n) is 6.68. The van der Waals surface area contributed by atoms with E-state index in [1.807, 2.05) is 61.5 Å². The highest BCUT2D eigenvalue weighted by Gasteiger charge is 2.36. The molecule has 0 saturated carbocycles. The molecule has 4 aromatic rings. The van der Waals surface area contributed by atoms with E-state index in [4.69, 9.17) is 20.8 Å². The molecule has 5 rings (SSSR count). The molecule has 8 heteroatoms. The summed E-state index contributed by atoms with van der Waals surface area (Å²) in [5.41, 5.74) is 2.84. The fraction of sp³-hybridized carbons (Fsp3) is 0.267. The van der Waals surface area contributed by atoms with Crippen molar-refractivity contribution >= 4 is 23.4 Å². The summed E-state index contributed by atoms with van der Waals surface area (Å²) in [6, 6.07) is 23.2. The number of aromatic nitrogens is 1. The van der Waals surface area contributed by atoms with E-state index in [9.17, 15) is 9.59 Å². The van der Waals surface area contributed by atoms with Gasteiger partial charge in [0.25, 0.3) is 11.8 Å². The number of rotatable bonds is 9. The molecule has 2 aromatic heterocycles. The summed E-state index contributed by atoms with van der Waals surface area (Å²) in [6.45, 7) is 2.97. The lowest BCUT2D eigenvalue weighted by Crippen LogP contribution is -2.45. The zero-order valence-electron chi connectivity index (χ0n) is 21.2. The lowest BCUT2D eigenvalue weighted by atomic mass is 10.1. The predicted molar refractivity (Wildman–Crippen MR) is 146 cm³/mol. The van der Waals surface area contributed by atoms with Crippen molar-refractivity contribution in [1.82, 2.24) is 15.2 Å². The number of hydrogen-bond acceptors (Lipinski definition) is 4. The number of halogens is 1. The van der Waals surface area contributed by atoms with E-state index >= 15 is 0 Å². The lowest BCUT2D eigenvalue weighted by Gasteiger charge is -2.30. The molecule has 0 radical (unpaired) electrons. The number of furan rings is 1. The molecule has 3 heterocycles. The molecule has 1 fully saturated rings. The van der Waals surface area contributed by atoms with Gasteiger partial charge in [-0.1, -0.05) is 60.1 Å². The number of carbonyl (C=O) groups is 2. The van der Waals surface area contributed by atoms with Gasteiger partial charge in [-0.25, -0.2) is 0 Å². The maximum atomic E-state index is 14.1. The molecule has 2 amide bonds. The van der Waals surface area contributed by atoms with Crippen LogP contribution in [0.1, 0.15) is 46.5 Å². The third kappa shape index (κ3) is 5.85. The van der Waals surface area contributed by atoms with Crippen LogP contribution in [0, 0.1) is 6.92 Å². The first-order chi connectivity index (χ1) is 18.5. The van der Waals surface area contributed by atoms with E-state index in [-0.39, 0.29) is 24.5 Å². The topological polar surface area (TPSA) is 87.6 Å². The number of nitrogens with one attached hydrogen (secondary N) is 2. The molecule has 7 nitrogen and oxygen atoms in total. The monoisotopic (exact) mass is 531 g/mol. The Morgan fingerprint density at radius 3 is 2.55 bits per heavy atom. The highest BCUT2D eigenvalue weighted by atomic mass is 35.5. The van der Waals surface area contributed by atoms with Crippen molar-refractivity contribution in [2.24, 2.45) is 0 Å². The number of nitrogens with zero attached hydrogens (tertiary/aromatic N) is 1. The number of H-pyrrole nitrogens is 1. The zero-order chi connectivity index (χ0) is 26.5. The molecule has 0 spiro atoms. The second-order valence-electron chi connectivity index (χ2n) is 9.41. The van der Waals surface area contributed by atoms with Crippen molar-refractivity contribution in [3.8, 4) is 11.3 Å². The van der Waals surface area contributed by atoms with Gasteiger partial charge < -0.3 is 24.4 Å². The van der Waals surface area contributed by atoms with Crippen LogP contribution in [0.4, 0.5) is 0 Å². The Kier molecular flexibility index (Phi) is 7.96. The Bertz CT molecular complexity index is 1390. The quantitative estimate of drug-likeness (QED) is 0.281. The molecule has 2 aromatic carbocycles. The van der Waals surface area contributed by atoms with Crippen LogP contribution in [-0.2, 0) is 16.1 Å². The Hall–Kier alpha value is -3.81. The predicted octanol–water partition coefficient (Wildman–Crippen LogP) is 5.92. The minimum Gasteiger partial charge on any atom is -0.464 e. The van der Waals surface area contributed by atoms with Crippen LogP contribution in [0.25, 0.3) is 11.3 Å². The normalized spacial score (nSPS) is 15.8. The minimum absolute atomic E-state index is 0.0394. The molecule has 1 saturated heterocycles. The largest absolute Gasteiger partial charge is 0.464 e. The fourth-order valence-corrected chi connectivity index (χ4v) is 4.89. The molecular weight excluding hydrogens is 502 g/mol. The van der Waals surface area contributed by atoms with Gasteiger partial charge in [0.1, 0.15) is 17.2 Å². The summed E-state index contributed by atoms with van der Waals surface area (Å²) in [4.78, 5) is 32.6. The number of hydrogen-bond donors (Lipinski definition) is 2. The van der Waals surface area contributed by atoms with Crippen molar-refractivity contribution in [1.29, 1.82) is 0 Å². The first kappa shape index (κ1) is 25.8.